The van der Waals surface area contributed by atoms with E-state index in [1.54, 1.807) is 6.92 Å². The molecule has 0 radical (unpaired) electrons. The molecule has 0 bridgehead atoms. The first kappa shape index (κ1) is 20.2. The predicted octanol–water partition coefficient (Wildman–Crippen LogP) is 4.48. The van der Waals surface area contributed by atoms with Crippen LogP contribution in [0, 0.1) is 32.1 Å². The van der Waals surface area contributed by atoms with E-state index in [0.717, 1.165) is 40.6 Å². The summed E-state index contributed by atoms with van der Waals surface area (Å²) in [6, 6.07) is 3.89. The van der Waals surface area contributed by atoms with Crippen molar-refractivity contribution in [2.75, 3.05) is 16.8 Å². The second-order valence-corrected chi connectivity index (χ2v) is 8.92. The zero-order valence-electron chi connectivity index (χ0n) is 17.6. The molecule has 150 valence electrons. The van der Waals surface area contributed by atoms with Gasteiger partial charge in [-0.3, -0.25) is 4.79 Å². The van der Waals surface area contributed by atoms with Crippen LogP contribution in [0.25, 0.3) is 0 Å². The molecule has 1 aliphatic heterocycles. The number of pyridine rings is 2. The summed E-state index contributed by atoms with van der Waals surface area (Å²) in [7, 11) is 0. The first-order valence-electron chi connectivity index (χ1n) is 9.71. The van der Waals surface area contributed by atoms with Crippen molar-refractivity contribution in [1.29, 1.82) is 0 Å². The van der Waals surface area contributed by atoms with Gasteiger partial charge in [0, 0.05) is 31.5 Å². The number of fused-ring (bicyclic) bond motifs is 1. The molecular weight excluding hydrogens is 355 g/mol. The smallest absolute Gasteiger partial charge is 0.224 e. The molecule has 2 aromatic rings. The van der Waals surface area contributed by atoms with Crippen molar-refractivity contribution >= 4 is 17.4 Å². The maximum Gasteiger partial charge on any atom is 0.224 e. The van der Waals surface area contributed by atoms with Gasteiger partial charge in [0.2, 0.25) is 11.9 Å². The standard InChI is InChI=1S/C22H29FN4O/c1-13-10-18(24-15(3)20(13)26-19(28)11-22(4,5)6)27-8-7-17-16(12-27)9-14(2)21(23)25-17/h9-10H,7-8,11-12H2,1-6H3,(H,26,28). The average molecular weight is 384 g/mol. The molecule has 1 amide bonds. The fourth-order valence-electron chi connectivity index (χ4n) is 3.58. The molecule has 6 heteroatoms. The molecule has 1 aliphatic rings. The summed E-state index contributed by atoms with van der Waals surface area (Å²) in [5.41, 5.74) is 4.96. The lowest BCUT2D eigenvalue weighted by molar-refractivity contribution is -0.117. The first-order valence-corrected chi connectivity index (χ1v) is 9.71. The van der Waals surface area contributed by atoms with Crippen molar-refractivity contribution in [2.24, 2.45) is 5.41 Å². The summed E-state index contributed by atoms with van der Waals surface area (Å²) in [4.78, 5) is 23.3. The third-order valence-electron chi connectivity index (χ3n) is 4.96. The van der Waals surface area contributed by atoms with Crippen LogP contribution in [0.15, 0.2) is 12.1 Å². The molecular formula is C22H29FN4O. The summed E-state index contributed by atoms with van der Waals surface area (Å²) in [5, 5.41) is 3.02. The number of nitrogens with zero attached hydrogens (tertiary/aromatic N) is 3. The number of hydrogen-bond donors (Lipinski definition) is 1. The van der Waals surface area contributed by atoms with Crippen molar-refractivity contribution in [2.45, 2.75) is 60.9 Å². The van der Waals surface area contributed by atoms with Gasteiger partial charge in [-0.2, -0.15) is 4.39 Å². The van der Waals surface area contributed by atoms with E-state index in [0.29, 0.717) is 24.9 Å². The van der Waals surface area contributed by atoms with Crippen LogP contribution in [0.2, 0.25) is 0 Å². The van der Waals surface area contributed by atoms with Crippen molar-refractivity contribution in [3.8, 4) is 0 Å². The van der Waals surface area contributed by atoms with Gasteiger partial charge < -0.3 is 10.2 Å². The topological polar surface area (TPSA) is 58.1 Å². The summed E-state index contributed by atoms with van der Waals surface area (Å²) in [5.74, 6) is 0.493. The minimum absolute atomic E-state index is 0.00345. The number of carbonyl (C=O) groups is 1. The van der Waals surface area contributed by atoms with Crippen LogP contribution in [0.4, 0.5) is 15.9 Å². The highest BCUT2D eigenvalue weighted by molar-refractivity contribution is 5.92. The molecule has 28 heavy (non-hydrogen) atoms. The molecule has 0 fully saturated rings. The van der Waals surface area contributed by atoms with E-state index in [-0.39, 0.29) is 17.3 Å². The minimum atomic E-state index is -0.382. The lowest BCUT2D eigenvalue weighted by atomic mass is 9.92. The van der Waals surface area contributed by atoms with E-state index in [4.69, 9.17) is 4.98 Å². The van der Waals surface area contributed by atoms with Crippen molar-refractivity contribution in [3.63, 3.8) is 0 Å². The quantitative estimate of drug-likeness (QED) is 0.793. The van der Waals surface area contributed by atoms with Gasteiger partial charge >= 0.3 is 0 Å². The van der Waals surface area contributed by atoms with Crippen LogP contribution >= 0.6 is 0 Å². The number of anilines is 2. The Morgan fingerprint density at radius 3 is 2.54 bits per heavy atom. The lowest BCUT2D eigenvalue weighted by Crippen LogP contribution is -2.32. The molecule has 0 saturated carbocycles. The molecule has 0 aromatic carbocycles. The highest BCUT2D eigenvalue weighted by Crippen LogP contribution is 2.29. The van der Waals surface area contributed by atoms with Gasteiger partial charge in [-0.15, -0.1) is 0 Å². The van der Waals surface area contributed by atoms with Gasteiger partial charge in [-0.25, -0.2) is 9.97 Å². The SMILES string of the molecule is Cc1cc2c(nc1F)CCN(c1cc(C)c(NC(=O)CC(C)(C)C)c(C)n1)C2. The van der Waals surface area contributed by atoms with Crippen LogP contribution in [-0.4, -0.2) is 22.4 Å². The van der Waals surface area contributed by atoms with Gasteiger partial charge in [0.25, 0.3) is 0 Å². The average Bonchev–Trinajstić information content (AvgIpc) is 2.57. The number of carbonyl (C=O) groups excluding carboxylic acids is 1. The first-order chi connectivity index (χ1) is 13.0. The fraction of sp³-hybridized carbons (Fsp3) is 0.500. The number of nitrogens with one attached hydrogen (secondary N) is 1. The second-order valence-electron chi connectivity index (χ2n) is 8.92. The summed E-state index contributed by atoms with van der Waals surface area (Å²) < 4.78 is 13.7. The molecule has 5 nitrogen and oxygen atoms in total. The maximum atomic E-state index is 13.7. The van der Waals surface area contributed by atoms with Crippen LogP contribution in [0.3, 0.4) is 0 Å². The van der Waals surface area contributed by atoms with Crippen LogP contribution in [-0.2, 0) is 17.8 Å². The molecule has 1 N–H and O–H groups in total. The molecule has 0 saturated heterocycles. The van der Waals surface area contributed by atoms with E-state index >= 15 is 0 Å². The second kappa shape index (κ2) is 7.49. The Morgan fingerprint density at radius 2 is 1.89 bits per heavy atom. The van der Waals surface area contributed by atoms with Gasteiger partial charge in [0.05, 0.1) is 17.1 Å². The Hall–Kier alpha value is -2.50. The Bertz CT molecular complexity index is 894. The molecule has 0 unspecified atom stereocenters. The summed E-state index contributed by atoms with van der Waals surface area (Å²) >= 11 is 0. The number of aromatic nitrogens is 2. The Morgan fingerprint density at radius 1 is 1.18 bits per heavy atom. The van der Waals surface area contributed by atoms with E-state index < -0.39 is 0 Å². The maximum absolute atomic E-state index is 13.7. The molecule has 2 aromatic heterocycles. The third-order valence-corrected chi connectivity index (χ3v) is 4.96. The molecule has 3 heterocycles. The molecule has 0 atom stereocenters. The van der Waals surface area contributed by atoms with Gasteiger partial charge in [0.15, 0.2) is 0 Å². The number of halogens is 1. The minimum Gasteiger partial charge on any atom is -0.352 e. The highest BCUT2D eigenvalue weighted by atomic mass is 19.1. The van der Waals surface area contributed by atoms with E-state index in [1.165, 1.54) is 0 Å². The zero-order chi connectivity index (χ0) is 20.6. The van der Waals surface area contributed by atoms with Gasteiger partial charge in [-0.1, -0.05) is 20.8 Å². The summed E-state index contributed by atoms with van der Waals surface area (Å²) in [6.45, 7) is 13.2. The number of amides is 1. The largest absolute Gasteiger partial charge is 0.352 e. The summed E-state index contributed by atoms with van der Waals surface area (Å²) in [6.07, 6.45) is 1.15. The van der Waals surface area contributed by atoms with Gasteiger partial charge in [0.1, 0.15) is 5.82 Å². The Kier molecular flexibility index (Phi) is 5.41. The Balaban J connectivity index is 1.81. The van der Waals surface area contributed by atoms with E-state index in [9.17, 15) is 9.18 Å². The molecule has 0 spiro atoms. The highest BCUT2D eigenvalue weighted by Gasteiger charge is 2.22. The van der Waals surface area contributed by atoms with E-state index in [2.05, 4.69) is 15.2 Å². The third kappa shape index (κ3) is 4.49. The van der Waals surface area contributed by atoms with Crippen LogP contribution in [0.1, 0.15) is 55.3 Å². The molecule has 3 rings (SSSR count). The van der Waals surface area contributed by atoms with Crippen molar-refractivity contribution in [3.05, 3.63) is 46.2 Å². The van der Waals surface area contributed by atoms with Crippen LogP contribution in [0.5, 0.6) is 0 Å². The predicted molar refractivity (Wildman–Crippen MR) is 110 cm³/mol. The van der Waals surface area contributed by atoms with Gasteiger partial charge in [-0.05, 0) is 49.4 Å². The number of aryl methyl sites for hydroxylation is 3. The monoisotopic (exact) mass is 384 g/mol. The fourth-order valence-corrected chi connectivity index (χ4v) is 3.58. The van der Waals surface area contributed by atoms with E-state index in [1.807, 2.05) is 46.8 Å². The van der Waals surface area contributed by atoms with Crippen molar-refractivity contribution < 1.29 is 9.18 Å². The number of rotatable bonds is 3. The lowest BCUT2D eigenvalue weighted by Gasteiger charge is -2.30. The van der Waals surface area contributed by atoms with Crippen molar-refractivity contribution in [1.82, 2.24) is 9.97 Å². The van der Waals surface area contributed by atoms with Crippen LogP contribution < -0.4 is 10.2 Å². The Labute approximate surface area is 166 Å². The zero-order valence-corrected chi connectivity index (χ0v) is 17.6. The molecule has 0 aliphatic carbocycles. The normalized spacial score (nSPS) is 14.0. The number of hydrogen-bond acceptors (Lipinski definition) is 4.